The molecule has 0 aliphatic carbocycles. The van der Waals surface area contributed by atoms with Crippen molar-refractivity contribution < 1.29 is 9.90 Å². The third kappa shape index (κ3) is 2.40. The van der Waals surface area contributed by atoms with E-state index < -0.39 is 5.97 Å². The number of hydrogen-bond donors (Lipinski definition) is 2. The standard InChI is InChI=1S/C11H9ClN2O2S/c1-13-10-6(11(15)16)2-3-7(14-10)8-4-5-9(12)17-8/h2-5H,1H3,(H,13,14)(H,15,16). The Morgan fingerprint density at radius 2 is 2.18 bits per heavy atom. The van der Waals surface area contributed by atoms with E-state index in [-0.39, 0.29) is 5.56 Å². The molecule has 2 heterocycles. The van der Waals surface area contributed by atoms with Crippen molar-refractivity contribution in [1.29, 1.82) is 0 Å². The summed E-state index contributed by atoms with van der Waals surface area (Å²) in [6.07, 6.45) is 0. The molecule has 88 valence electrons. The summed E-state index contributed by atoms with van der Waals surface area (Å²) >= 11 is 7.25. The number of carboxylic acids is 1. The zero-order valence-corrected chi connectivity index (χ0v) is 10.5. The average molecular weight is 269 g/mol. The van der Waals surface area contributed by atoms with Gasteiger partial charge >= 0.3 is 5.97 Å². The fourth-order valence-corrected chi connectivity index (χ4v) is 2.42. The van der Waals surface area contributed by atoms with E-state index in [9.17, 15) is 4.79 Å². The lowest BCUT2D eigenvalue weighted by Crippen LogP contribution is -2.05. The predicted octanol–water partition coefficient (Wildman–Crippen LogP) is 3.20. The molecule has 0 saturated carbocycles. The number of rotatable bonds is 3. The minimum Gasteiger partial charge on any atom is -0.478 e. The van der Waals surface area contributed by atoms with Gasteiger partial charge in [-0.1, -0.05) is 11.6 Å². The first-order valence-electron chi connectivity index (χ1n) is 4.79. The van der Waals surface area contributed by atoms with Crippen molar-refractivity contribution in [3.05, 3.63) is 34.2 Å². The predicted molar refractivity (Wildman–Crippen MR) is 69.1 cm³/mol. The van der Waals surface area contributed by atoms with E-state index in [4.69, 9.17) is 16.7 Å². The fourth-order valence-electron chi connectivity index (χ4n) is 1.41. The van der Waals surface area contributed by atoms with Crippen LogP contribution < -0.4 is 5.32 Å². The van der Waals surface area contributed by atoms with Gasteiger partial charge in [0.15, 0.2) is 0 Å². The number of nitrogens with zero attached hydrogens (tertiary/aromatic N) is 1. The number of aromatic nitrogens is 1. The summed E-state index contributed by atoms with van der Waals surface area (Å²) < 4.78 is 0.676. The van der Waals surface area contributed by atoms with Gasteiger partial charge in [0, 0.05) is 7.05 Å². The molecule has 0 saturated heterocycles. The van der Waals surface area contributed by atoms with E-state index in [2.05, 4.69) is 10.3 Å². The van der Waals surface area contributed by atoms with Crippen LogP contribution in [0.25, 0.3) is 10.6 Å². The number of carboxylic acid groups (broad SMARTS) is 1. The van der Waals surface area contributed by atoms with Crippen molar-refractivity contribution in [2.75, 3.05) is 12.4 Å². The van der Waals surface area contributed by atoms with Crippen molar-refractivity contribution in [2.45, 2.75) is 0 Å². The highest BCUT2D eigenvalue weighted by Gasteiger charge is 2.12. The SMILES string of the molecule is CNc1nc(-c2ccc(Cl)s2)ccc1C(=O)O. The lowest BCUT2D eigenvalue weighted by Gasteiger charge is -2.06. The number of aromatic carboxylic acids is 1. The molecule has 0 radical (unpaired) electrons. The molecule has 2 aromatic rings. The second-order valence-electron chi connectivity index (χ2n) is 3.25. The minimum atomic E-state index is -1.00. The Kier molecular flexibility index (Phi) is 3.31. The molecule has 0 spiro atoms. The molecule has 6 heteroatoms. The zero-order valence-electron chi connectivity index (χ0n) is 8.90. The highest BCUT2D eigenvalue weighted by molar-refractivity contribution is 7.19. The number of thiophene rings is 1. The van der Waals surface area contributed by atoms with Gasteiger partial charge in [-0.25, -0.2) is 9.78 Å². The first-order valence-corrected chi connectivity index (χ1v) is 5.99. The molecule has 17 heavy (non-hydrogen) atoms. The summed E-state index contributed by atoms with van der Waals surface area (Å²) in [5.41, 5.74) is 0.857. The number of anilines is 1. The molecule has 0 fully saturated rings. The van der Waals surface area contributed by atoms with Crippen LogP contribution in [0.5, 0.6) is 0 Å². The Bertz CT molecular complexity index is 568. The lowest BCUT2D eigenvalue weighted by molar-refractivity contribution is 0.0697. The maximum atomic E-state index is 10.9. The minimum absolute atomic E-state index is 0.152. The molecule has 0 bridgehead atoms. The monoisotopic (exact) mass is 268 g/mol. The van der Waals surface area contributed by atoms with Crippen molar-refractivity contribution in [3.63, 3.8) is 0 Å². The Hall–Kier alpha value is -1.59. The summed E-state index contributed by atoms with van der Waals surface area (Å²) in [7, 11) is 1.64. The lowest BCUT2D eigenvalue weighted by atomic mass is 10.2. The summed E-state index contributed by atoms with van der Waals surface area (Å²) in [6.45, 7) is 0. The fraction of sp³-hybridized carbons (Fsp3) is 0.0909. The van der Waals surface area contributed by atoms with E-state index in [1.807, 2.05) is 6.07 Å². The number of halogens is 1. The van der Waals surface area contributed by atoms with Crippen LogP contribution in [0.2, 0.25) is 4.34 Å². The van der Waals surface area contributed by atoms with Gasteiger partial charge in [-0.05, 0) is 24.3 Å². The molecule has 0 amide bonds. The number of hydrogen-bond acceptors (Lipinski definition) is 4. The highest BCUT2D eigenvalue weighted by atomic mass is 35.5. The third-order valence-corrected chi connectivity index (χ3v) is 3.44. The summed E-state index contributed by atoms with van der Waals surface area (Å²) in [5.74, 6) is -0.655. The normalized spacial score (nSPS) is 10.2. The van der Waals surface area contributed by atoms with Crippen LogP contribution in [-0.4, -0.2) is 23.1 Å². The first kappa shape index (κ1) is 11.9. The van der Waals surface area contributed by atoms with Crippen molar-refractivity contribution in [2.24, 2.45) is 0 Å². The topological polar surface area (TPSA) is 62.2 Å². The molecular weight excluding hydrogens is 260 g/mol. The van der Waals surface area contributed by atoms with Crippen LogP contribution in [-0.2, 0) is 0 Å². The quantitative estimate of drug-likeness (QED) is 0.897. The molecule has 4 nitrogen and oxygen atoms in total. The Labute approximate surface area is 107 Å². The molecule has 0 aliphatic rings. The first-order chi connectivity index (χ1) is 8.11. The maximum Gasteiger partial charge on any atom is 0.339 e. The van der Waals surface area contributed by atoms with E-state index in [0.29, 0.717) is 15.8 Å². The van der Waals surface area contributed by atoms with Gasteiger partial charge in [0.1, 0.15) is 11.4 Å². The van der Waals surface area contributed by atoms with Gasteiger partial charge in [-0.2, -0.15) is 0 Å². The van der Waals surface area contributed by atoms with Gasteiger partial charge in [0.05, 0.1) is 14.9 Å². The second kappa shape index (κ2) is 4.73. The van der Waals surface area contributed by atoms with Crippen LogP contribution in [0, 0.1) is 0 Å². The maximum absolute atomic E-state index is 10.9. The van der Waals surface area contributed by atoms with Crippen molar-refractivity contribution in [3.8, 4) is 10.6 Å². The van der Waals surface area contributed by atoms with Gasteiger partial charge in [-0.3, -0.25) is 0 Å². The molecular formula is C11H9ClN2O2S. The Balaban J connectivity index is 2.48. The van der Waals surface area contributed by atoms with E-state index in [0.717, 1.165) is 4.88 Å². The van der Waals surface area contributed by atoms with Gasteiger partial charge in [0.2, 0.25) is 0 Å². The molecule has 0 aromatic carbocycles. The smallest absolute Gasteiger partial charge is 0.339 e. The van der Waals surface area contributed by atoms with Crippen LogP contribution in [0.4, 0.5) is 5.82 Å². The summed E-state index contributed by atoms with van der Waals surface area (Å²) in [5, 5.41) is 11.7. The van der Waals surface area contributed by atoms with Gasteiger partial charge < -0.3 is 10.4 Å². The van der Waals surface area contributed by atoms with Crippen LogP contribution >= 0.6 is 22.9 Å². The molecule has 0 atom stereocenters. The zero-order chi connectivity index (χ0) is 12.4. The van der Waals surface area contributed by atoms with Crippen molar-refractivity contribution >= 4 is 34.7 Å². The van der Waals surface area contributed by atoms with Crippen LogP contribution in [0.15, 0.2) is 24.3 Å². The summed E-state index contributed by atoms with van der Waals surface area (Å²) in [4.78, 5) is 16.1. The van der Waals surface area contributed by atoms with E-state index >= 15 is 0 Å². The molecule has 0 unspecified atom stereocenters. The average Bonchev–Trinajstić information content (AvgIpc) is 2.75. The van der Waals surface area contributed by atoms with Crippen LogP contribution in [0.3, 0.4) is 0 Å². The Morgan fingerprint density at radius 1 is 1.41 bits per heavy atom. The number of pyridine rings is 1. The van der Waals surface area contributed by atoms with Gasteiger partial charge in [-0.15, -0.1) is 11.3 Å². The van der Waals surface area contributed by atoms with Crippen LogP contribution in [0.1, 0.15) is 10.4 Å². The van der Waals surface area contributed by atoms with Crippen molar-refractivity contribution in [1.82, 2.24) is 4.98 Å². The number of nitrogens with one attached hydrogen (secondary N) is 1. The molecule has 2 rings (SSSR count). The van der Waals surface area contributed by atoms with E-state index in [1.165, 1.54) is 17.4 Å². The highest BCUT2D eigenvalue weighted by Crippen LogP contribution is 2.31. The largest absolute Gasteiger partial charge is 0.478 e. The molecule has 0 aliphatic heterocycles. The molecule has 2 N–H and O–H groups in total. The van der Waals surface area contributed by atoms with Gasteiger partial charge in [0.25, 0.3) is 0 Å². The number of carbonyl (C=O) groups is 1. The third-order valence-electron chi connectivity index (χ3n) is 2.19. The molecule has 2 aromatic heterocycles. The summed E-state index contributed by atoms with van der Waals surface area (Å²) in [6, 6.07) is 6.85. The van der Waals surface area contributed by atoms with E-state index in [1.54, 1.807) is 19.2 Å². The second-order valence-corrected chi connectivity index (χ2v) is 4.97. The Morgan fingerprint density at radius 3 is 2.71 bits per heavy atom.